The Hall–Kier alpha value is -2.76. The van der Waals surface area contributed by atoms with E-state index in [2.05, 4.69) is 9.88 Å². The molecule has 0 amide bonds. The number of aromatic carboxylic acids is 1. The van der Waals surface area contributed by atoms with Crippen molar-refractivity contribution < 1.29 is 14.6 Å². The molecule has 0 atom stereocenters. The van der Waals surface area contributed by atoms with Crippen molar-refractivity contribution >= 4 is 17.5 Å². The molecule has 1 saturated heterocycles. The van der Waals surface area contributed by atoms with Crippen molar-refractivity contribution in [3.63, 3.8) is 0 Å². The minimum atomic E-state index is -0.940. The van der Waals surface area contributed by atoms with E-state index >= 15 is 0 Å². The van der Waals surface area contributed by atoms with Gasteiger partial charge in [-0.1, -0.05) is 12.1 Å². The fourth-order valence-electron chi connectivity index (χ4n) is 3.75. The van der Waals surface area contributed by atoms with Gasteiger partial charge in [0.05, 0.1) is 6.61 Å². The molecule has 0 radical (unpaired) electrons. The number of fused-ring (bicyclic) bond motifs is 2. The number of ether oxygens (including phenoxy) is 1. The van der Waals surface area contributed by atoms with Gasteiger partial charge in [-0.3, -0.25) is 0 Å². The molecule has 0 aliphatic carbocycles. The molecule has 1 aromatic carbocycles. The van der Waals surface area contributed by atoms with Gasteiger partial charge in [0.2, 0.25) is 0 Å². The molecule has 6 nitrogen and oxygen atoms in total. The smallest absolute Gasteiger partial charge is 0.339 e. The van der Waals surface area contributed by atoms with E-state index in [0.717, 1.165) is 37.3 Å². The molecule has 3 N–H and O–H groups in total. The van der Waals surface area contributed by atoms with E-state index in [1.54, 1.807) is 18.3 Å². The zero-order chi connectivity index (χ0) is 16.7. The number of hydrogen-bond acceptors (Lipinski definition) is 5. The van der Waals surface area contributed by atoms with E-state index in [4.69, 9.17) is 10.5 Å². The third kappa shape index (κ3) is 2.26. The molecule has 124 valence electrons. The van der Waals surface area contributed by atoms with Crippen LogP contribution in [0.4, 0.5) is 11.5 Å². The summed E-state index contributed by atoms with van der Waals surface area (Å²) in [6.07, 6.45) is 3.53. The monoisotopic (exact) mass is 325 g/mol. The Balaban J connectivity index is 1.59. The van der Waals surface area contributed by atoms with Crippen molar-refractivity contribution in [2.45, 2.75) is 18.3 Å². The highest BCUT2D eigenvalue weighted by Gasteiger charge is 2.44. The molecule has 2 aliphatic rings. The molecule has 1 fully saturated rings. The molecule has 0 bridgehead atoms. The van der Waals surface area contributed by atoms with Gasteiger partial charge in [-0.25, -0.2) is 9.78 Å². The summed E-state index contributed by atoms with van der Waals surface area (Å²) >= 11 is 0. The number of benzene rings is 1. The number of nitrogens with two attached hydrogens (primary N) is 1. The third-order valence-corrected chi connectivity index (χ3v) is 5.12. The standard InChI is InChI=1S/C18H19N3O3/c19-12-4-7-20-15(10-12)21-8-5-18(6-9-21)11-24-16-13(17(22)23)2-1-3-14(16)18/h1-4,7,10H,5-6,8-9,11H2,(H2,19,20)(H,22,23). The zero-order valence-corrected chi connectivity index (χ0v) is 13.2. The topological polar surface area (TPSA) is 88.7 Å². The highest BCUT2D eigenvalue weighted by atomic mass is 16.5. The van der Waals surface area contributed by atoms with Gasteiger partial charge < -0.3 is 20.5 Å². The van der Waals surface area contributed by atoms with Crippen molar-refractivity contribution in [2.24, 2.45) is 0 Å². The van der Waals surface area contributed by atoms with Crippen LogP contribution in [0.2, 0.25) is 0 Å². The van der Waals surface area contributed by atoms with Gasteiger partial charge >= 0.3 is 5.97 Å². The molecule has 2 aromatic rings. The minimum absolute atomic E-state index is 0.0996. The molecule has 3 heterocycles. The predicted octanol–water partition coefficient (Wildman–Crippen LogP) is 2.29. The SMILES string of the molecule is Nc1ccnc(N2CCC3(CC2)COc2c(C(=O)O)cccc23)c1. The summed E-state index contributed by atoms with van der Waals surface area (Å²) in [5.41, 5.74) is 7.74. The van der Waals surface area contributed by atoms with E-state index in [9.17, 15) is 9.90 Å². The maximum atomic E-state index is 11.4. The summed E-state index contributed by atoms with van der Waals surface area (Å²) in [4.78, 5) is 18.0. The molecular weight excluding hydrogens is 306 g/mol. The number of carboxylic acid groups (broad SMARTS) is 1. The number of carbonyl (C=O) groups is 1. The van der Waals surface area contributed by atoms with Crippen LogP contribution < -0.4 is 15.4 Å². The zero-order valence-electron chi connectivity index (χ0n) is 13.2. The van der Waals surface area contributed by atoms with Crippen LogP contribution in [0.15, 0.2) is 36.5 Å². The number of aromatic nitrogens is 1. The van der Waals surface area contributed by atoms with Gasteiger partial charge in [0.25, 0.3) is 0 Å². The molecule has 4 rings (SSSR count). The van der Waals surface area contributed by atoms with Gasteiger partial charge in [-0.2, -0.15) is 0 Å². The summed E-state index contributed by atoms with van der Waals surface area (Å²) in [7, 11) is 0. The average molecular weight is 325 g/mol. The highest BCUT2D eigenvalue weighted by Crippen LogP contribution is 2.47. The number of para-hydroxylation sites is 1. The first kappa shape index (κ1) is 14.8. The first-order valence-electron chi connectivity index (χ1n) is 8.05. The largest absolute Gasteiger partial charge is 0.491 e. The lowest BCUT2D eigenvalue weighted by atomic mass is 9.74. The maximum absolute atomic E-state index is 11.4. The maximum Gasteiger partial charge on any atom is 0.339 e. The molecule has 1 aromatic heterocycles. The number of piperidine rings is 1. The molecule has 6 heteroatoms. The van der Waals surface area contributed by atoms with Crippen molar-refractivity contribution in [1.29, 1.82) is 0 Å². The fraction of sp³-hybridized carbons (Fsp3) is 0.333. The molecule has 1 spiro atoms. The normalized spacial score (nSPS) is 18.2. The summed E-state index contributed by atoms with van der Waals surface area (Å²) in [6.45, 7) is 2.23. The Morgan fingerprint density at radius 3 is 2.79 bits per heavy atom. The van der Waals surface area contributed by atoms with Crippen LogP contribution in [-0.2, 0) is 5.41 Å². The summed E-state index contributed by atoms with van der Waals surface area (Å²) < 4.78 is 5.81. The van der Waals surface area contributed by atoms with Crippen LogP contribution in [0.1, 0.15) is 28.8 Å². The van der Waals surface area contributed by atoms with E-state index in [-0.39, 0.29) is 11.0 Å². The van der Waals surface area contributed by atoms with Crippen LogP contribution in [0.5, 0.6) is 5.75 Å². The molecule has 0 unspecified atom stereocenters. The fourth-order valence-corrected chi connectivity index (χ4v) is 3.75. The number of nitrogen functional groups attached to an aromatic ring is 1. The number of nitrogens with zero attached hydrogens (tertiary/aromatic N) is 2. The Morgan fingerprint density at radius 1 is 1.29 bits per heavy atom. The van der Waals surface area contributed by atoms with Gasteiger partial charge in [0.1, 0.15) is 17.1 Å². The Morgan fingerprint density at radius 2 is 2.08 bits per heavy atom. The third-order valence-electron chi connectivity index (χ3n) is 5.12. The van der Waals surface area contributed by atoms with Crippen molar-refractivity contribution in [2.75, 3.05) is 30.3 Å². The summed E-state index contributed by atoms with van der Waals surface area (Å²) in [5.74, 6) is 0.495. The number of hydrogen-bond donors (Lipinski definition) is 2. The van der Waals surface area contributed by atoms with Crippen LogP contribution in [0.25, 0.3) is 0 Å². The van der Waals surface area contributed by atoms with E-state index in [0.29, 0.717) is 18.0 Å². The lowest BCUT2D eigenvalue weighted by Crippen LogP contribution is -2.44. The summed E-state index contributed by atoms with van der Waals surface area (Å²) in [6, 6.07) is 9.09. The van der Waals surface area contributed by atoms with Gasteiger partial charge in [-0.15, -0.1) is 0 Å². The van der Waals surface area contributed by atoms with Crippen LogP contribution in [-0.4, -0.2) is 35.8 Å². The lowest BCUT2D eigenvalue weighted by molar-refractivity contribution is 0.0693. The second kappa shape index (κ2) is 5.40. The Kier molecular flexibility index (Phi) is 3.33. The van der Waals surface area contributed by atoms with Crippen molar-refractivity contribution in [1.82, 2.24) is 4.98 Å². The number of anilines is 2. The minimum Gasteiger partial charge on any atom is -0.491 e. The number of carboxylic acids is 1. The van der Waals surface area contributed by atoms with Gasteiger partial charge in [0.15, 0.2) is 0 Å². The van der Waals surface area contributed by atoms with Crippen molar-refractivity contribution in [3.8, 4) is 5.75 Å². The van der Waals surface area contributed by atoms with Crippen LogP contribution in [0, 0.1) is 0 Å². The molecular formula is C18H19N3O3. The quantitative estimate of drug-likeness (QED) is 0.881. The van der Waals surface area contributed by atoms with E-state index in [1.807, 2.05) is 18.2 Å². The first-order valence-corrected chi connectivity index (χ1v) is 8.05. The molecule has 0 saturated carbocycles. The number of rotatable bonds is 2. The second-order valence-electron chi connectivity index (χ2n) is 6.49. The number of pyridine rings is 1. The molecule has 24 heavy (non-hydrogen) atoms. The highest BCUT2D eigenvalue weighted by molar-refractivity contribution is 5.92. The van der Waals surface area contributed by atoms with Crippen molar-refractivity contribution in [3.05, 3.63) is 47.7 Å². The Labute approximate surface area is 139 Å². The lowest BCUT2D eigenvalue weighted by Gasteiger charge is -2.39. The van der Waals surface area contributed by atoms with Crippen LogP contribution in [0.3, 0.4) is 0 Å². The van der Waals surface area contributed by atoms with E-state index in [1.165, 1.54) is 0 Å². The second-order valence-corrected chi connectivity index (χ2v) is 6.49. The molecule has 2 aliphatic heterocycles. The summed E-state index contributed by atoms with van der Waals surface area (Å²) in [5, 5.41) is 9.34. The first-order chi connectivity index (χ1) is 11.6. The van der Waals surface area contributed by atoms with E-state index < -0.39 is 5.97 Å². The predicted molar refractivity (Wildman–Crippen MR) is 90.7 cm³/mol. The van der Waals surface area contributed by atoms with Crippen LogP contribution >= 0.6 is 0 Å². The average Bonchev–Trinajstić information content (AvgIpc) is 2.94. The Bertz CT molecular complexity index is 798. The van der Waals surface area contributed by atoms with Gasteiger partial charge in [0, 0.05) is 42.0 Å². The van der Waals surface area contributed by atoms with Gasteiger partial charge in [-0.05, 0) is 25.0 Å².